The van der Waals surface area contributed by atoms with Crippen molar-refractivity contribution in [3.05, 3.63) is 24.3 Å². The molecule has 1 N–H and O–H groups in total. The van der Waals surface area contributed by atoms with Crippen LogP contribution in [0.1, 0.15) is 12.8 Å². The van der Waals surface area contributed by atoms with Gasteiger partial charge in [-0.3, -0.25) is 14.5 Å². The van der Waals surface area contributed by atoms with Crippen molar-refractivity contribution in [2.45, 2.75) is 12.8 Å². The van der Waals surface area contributed by atoms with Gasteiger partial charge < -0.3 is 0 Å². The highest BCUT2D eigenvalue weighted by molar-refractivity contribution is 6.19. The molecule has 0 bridgehead atoms. The maximum atomic E-state index is 11.6. The fourth-order valence-electron chi connectivity index (χ4n) is 1.93. The van der Waals surface area contributed by atoms with Crippen LogP contribution in [0.15, 0.2) is 24.3 Å². The van der Waals surface area contributed by atoms with Crippen LogP contribution in [-0.4, -0.2) is 32.4 Å². The normalized spacial score (nSPS) is 15.4. The Morgan fingerprint density at radius 1 is 1.17 bits per heavy atom. The van der Waals surface area contributed by atoms with E-state index in [1.54, 1.807) is 24.3 Å². The van der Waals surface area contributed by atoms with E-state index in [2.05, 4.69) is 20.6 Å². The number of hydrogen-bond acceptors (Lipinski definition) is 5. The molecule has 1 aliphatic heterocycles. The first-order chi connectivity index (χ1) is 8.75. The number of H-pyrrole nitrogens is 1. The maximum Gasteiger partial charge on any atom is 0.234 e. The van der Waals surface area contributed by atoms with Gasteiger partial charge in [-0.25, -0.2) is 0 Å². The minimum atomic E-state index is -0.176. The van der Waals surface area contributed by atoms with Crippen molar-refractivity contribution in [1.29, 1.82) is 0 Å². The van der Waals surface area contributed by atoms with Gasteiger partial charge in [-0.1, -0.05) is 12.1 Å². The number of tetrazole rings is 1. The molecule has 0 spiro atoms. The number of aromatic amines is 1. The van der Waals surface area contributed by atoms with Crippen molar-refractivity contribution in [3.63, 3.8) is 0 Å². The van der Waals surface area contributed by atoms with E-state index in [4.69, 9.17) is 0 Å². The third-order valence-electron chi connectivity index (χ3n) is 2.76. The molecule has 7 nitrogen and oxygen atoms in total. The first-order valence-electron chi connectivity index (χ1n) is 5.45. The number of amides is 2. The monoisotopic (exact) mass is 243 g/mol. The largest absolute Gasteiger partial charge is 0.274 e. The molecule has 2 aromatic rings. The Balaban J connectivity index is 2.01. The molecule has 1 aromatic heterocycles. The summed E-state index contributed by atoms with van der Waals surface area (Å²) in [4.78, 5) is 24.5. The van der Waals surface area contributed by atoms with Crippen LogP contribution in [-0.2, 0) is 9.59 Å². The Hall–Kier alpha value is -2.57. The lowest BCUT2D eigenvalue weighted by Gasteiger charge is -2.14. The second kappa shape index (κ2) is 4.02. The third-order valence-corrected chi connectivity index (χ3v) is 2.76. The standard InChI is InChI=1S/C11H9N5O2/c17-9-4-5-10(18)16(9)8-3-1-2-7(6-8)11-12-14-15-13-11/h1-3,6H,4-5H2,(H,12,13,14,15). The van der Waals surface area contributed by atoms with Gasteiger partial charge in [0.25, 0.3) is 0 Å². The van der Waals surface area contributed by atoms with Crippen LogP contribution in [0.3, 0.4) is 0 Å². The summed E-state index contributed by atoms with van der Waals surface area (Å²) in [6.45, 7) is 0. The predicted molar refractivity (Wildman–Crippen MR) is 61.3 cm³/mol. The second-order valence-corrected chi connectivity index (χ2v) is 3.91. The van der Waals surface area contributed by atoms with Gasteiger partial charge in [-0.2, -0.15) is 5.21 Å². The van der Waals surface area contributed by atoms with E-state index in [0.717, 1.165) is 0 Å². The van der Waals surface area contributed by atoms with Crippen molar-refractivity contribution in [2.75, 3.05) is 4.90 Å². The van der Waals surface area contributed by atoms with Crippen molar-refractivity contribution >= 4 is 17.5 Å². The summed E-state index contributed by atoms with van der Waals surface area (Å²) in [5.41, 5.74) is 1.25. The summed E-state index contributed by atoms with van der Waals surface area (Å²) in [6.07, 6.45) is 0.538. The fourth-order valence-corrected chi connectivity index (χ4v) is 1.93. The van der Waals surface area contributed by atoms with Gasteiger partial charge in [0.05, 0.1) is 5.69 Å². The highest BCUT2D eigenvalue weighted by Gasteiger charge is 2.30. The minimum Gasteiger partial charge on any atom is -0.274 e. The zero-order valence-electron chi connectivity index (χ0n) is 9.33. The molecule has 3 rings (SSSR count). The number of aromatic nitrogens is 4. The Morgan fingerprint density at radius 3 is 2.61 bits per heavy atom. The maximum absolute atomic E-state index is 11.6. The van der Waals surface area contributed by atoms with E-state index in [1.165, 1.54) is 4.90 Å². The molecule has 1 aromatic carbocycles. The van der Waals surface area contributed by atoms with Crippen molar-refractivity contribution in [1.82, 2.24) is 20.6 Å². The molecule has 1 aliphatic rings. The van der Waals surface area contributed by atoms with Crippen LogP contribution >= 0.6 is 0 Å². The molecule has 0 atom stereocenters. The Morgan fingerprint density at radius 2 is 1.94 bits per heavy atom. The van der Waals surface area contributed by atoms with Gasteiger partial charge in [0.2, 0.25) is 17.6 Å². The number of carbonyl (C=O) groups is 2. The van der Waals surface area contributed by atoms with Gasteiger partial charge >= 0.3 is 0 Å². The van der Waals surface area contributed by atoms with E-state index in [-0.39, 0.29) is 24.7 Å². The highest BCUT2D eigenvalue weighted by atomic mass is 16.2. The number of rotatable bonds is 2. The zero-order valence-corrected chi connectivity index (χ0v) is 9.33. The van der Waals surface area contributed by atoms with Gasteiger partial charge in [-0.05, 0) is 17.3 Å². The zero-order chi connectivity index (χ0) is 12.5. The summed E-state index contributed by atoms with van der Waals surface area (Å²) < 4.78 is 0. The van der Waals surface area contributed by atoms with Crippen molar-refractivity contribution in [3.8, 4) is 11.4 Å². The summed E-state index contributed by atoms with van der Waals surface area (Å²) >= 11 is 0. The Kier molecular flexibility index (Phi) is 2.36. The number of hydrogen-bond donors (Lipinski definition) is 1. The Labute approximate surface area is 102 Å². The second-order valence-electron chi connectivity index (χ2n) is 3.91. The average molecular weight is 243 g/mol. The molecular weight excluding hydrogens is 234 g/mol. The van der Waals surface area contributed by atoms with Gasteiger partial charge in [-0.15, -0.1) is 10.2 Å². The molecule has 7 heteroatoms. The topological polar surface area (TPSA) is 91.8 Å². The van der Waals surface area contributed by atoms with Crippen LogP contribution in [0.25, 0.3) is 11.4 Å². The number of nitrogens with zero attached hydrogens (tertiary/aromatic N) is 4. The molecule has 0 aliphatic carbocycles. The summed E-state index contributed by atoms with van der Waals surface area (Å²) in [5.74, 6) is 0.0754. The highest BCUT2D eigenvalue weighted by Crippen LogP contribution is 2.26. The lowest BCUT2D eigenvalue weighted by Crippen LogP contribution is -2.28. The number of anilines is 1. The van der Waals surface area contributed by atoms with Crippen molar-refractivity contribution < 1.29 is 9.59 Å². The molecule has 0 unspecified atom stereocenters. The van der Waals surface area contributed by atoms with Crippen LogP contribution in [0.4, 0.5) is 5.69 Å². The summed E-state index contributed by atoms with van der Waals surface area (Å²) in [6, 6.07) is 6.95. The average Bonchev–Trinajstić information content (AvgIpc) is 3.00. The van der Waals surface area contributed by atoms with E-state index in [9.17, 15) is 9.59 Å². The number of nitrogens with one attached hydrogen (secondary N) is 1. The molecule has 2 heterocycles. The van der Waals surface area contributed by atoms with Gasteiger partial charge in [0, 0.05) is 18.4 Å². The number of benzene rings is 1. The number of carbonyl (C=O) groups excluding carboxylic acids is 2. The lowest BCUT2D eigenvalue weighted by atomic mass is 10.2. The summed E-state index contributed by atoms with van der Waals surface area (Å²) in [7, 11) is 0. The molecule has 0 saturated carbocycles. The number of imide groups is 1. The van der Waals surface area contributed by atoms with E-state index < -0.39 is 0 Å². The lowest BCUT2D eigenvalue weighted by molar-refractivity contribution is -0.121. The SMILES string of the molecule is O=C1CCC(=O)N1c1cccc(-c2nn[nH]n2)c1. The molecule has 90 valence electrons. The first-order valence-corrected chi connectivity index (χ1v) is 5.45. The molecule has 1 saturated heterocycles. The van der Waals surface area contributed by atoms with Crippen LogP contribution in [0.5, 0.6) is 0 Å². The molecule has 0 radical (unpaired) electrons. The van der Waals surface area contributed by atoms with Gasteiger partial charge in [0.15, 0.2) is 0 Å². The van der Waals surface area contributed by atoms with Crippen molar-refractivity contribution in [2.24, 2.45) is 0 Å². The quantitative estimate of drug-likeness (QED) is 0.776. The van der Waals surface area contributed by atoms with Crippen LogP contribution in [0.2, 0.25) is 0 Å². The van der Waals surface area contributed by atoms with Gasteiger partial charge in [0.1, 0.15) is 0 Å². The molecule has 2 amide bonds. The van der Waals surface area contributed by atoms with E-state index in [1.807, 2.05) is 0 Å². The van der Waals surface area contributed by atoms with Crippen LogP contribution < -0.4 is 4.90 Å². The molecule has 1 fully saturated rings. The third kappa shape index (κ3) is 1.65. The molecular formula is C11H9N5O2. The van der Waals surface area contributed by atoms with E-state index in [0.29, 0.717) is 17.1 Å². The fraction of sp³-hybridized carbons (Fsp3) is 0.182. The summed E-state index contributed by atoms with van der Waals surface area (Å²) in [5, 5.41) is 13.5. The minimum absolute atomic E-state index is 0.176. The van der Waals surface area contributed by atoms with Crippen LogP contribution in [0, 0.1) is 0 Å². The first kappa shape index (κ1) is 10.6. The predicted octanol–water partition coefficient (Wildman–Crippen LogP) is 0.520. The smallest absolute Gasteiger partial charge is 0.234 e. The Bertz CT molecular complexity index is 592. The van der Waals surface area contributed by atoms with E-state index >= 15 is 0 Å². The molecule has 18 heavy (non-hydrogen) atoms.